The second-order valence-corrected chi connectivity index (χ2v) is 6.87. The lowest BCUT2D eigenvalue weighted by Crippen LogP contribution is -2.05. The quantitative estimate of drug-likeness (QED) is 0.544. The minimum atomic E-state index is -4.38. The van der Waals surface area contributed by atoms with Crippen molar-refractivity contribution in [2.75, 3.05) is 5.32 Å². The topological polar surface area (TPSA) is 77.2 Å². The maximum absolute atomic E-state index is 12.8. The van der Waals surface area contributed by atoms with Gasteiger partial charge in [0.1, 0.15) is 5.75 Å². The third-order valence-electron chi connectivity index (χ3n) is 3.60. The van der Waals surface area contributed by atoms with Crippen LogP contribution in [0.4, 0.5) is 18.9 Å². The molecule has 0 saturated carbocycles. The fraction of sp³-hybridized carbons (Fsp3) is 0.211. The molecule has 1 amide bonds. The molecule has 0 spiro atoms. The van der Waals surface area contributed by atoms with E-state index in [1.54, 1.807) is 30.3 Å². The first-order chi connectivity index (χ1) is 13.8. The lowest BCUT2D eigenvalue weighted by atomic mass is 10.1. The number of thioether (sulfide) groups is 1. The van der Waals surface area contributed by atoms with Crippen molar-refractivity contribution in [1.29, 1.82) is 0 Å². The highest BCUT2D eigenvalue weighted by Crippen LogP contribution is 2.31. The van der Waals surface area contributed by atoms with Crippen molar-refractivity contribution in [3.63, 3.8) is 0 Å². The molecule has 6 nitrogen and oxygen atoms in total. The second kappa shape index (κ2) is 8.99. The molecular weight excluding hydrogens is 407 g/mol. The number of benzene rings is 2. The summed E-state index contributed by atoms with van der Waals surface area (Å²) >= 11 is 1.14. The van der Waals surface area contributed by atoms with Crippen molar-refractivity contribution in [2.45, 2.75) is 30.7 Å². The fourth-order valence-corrected chi connectivity index (χ4v) is 3.04. The van der Waals surface area contributed by atoms with E-state index in [4.69, 9.17) is 9.15 Å². The number of rotatable bonds is 7. The van der Waals surface area contributed by atoms with Crippen LogP contribution < -0.4 is 10.1 Å². The van der Waals surface area contributed by atoms with E-state index in [0.717, 1.165) is 23.9 Å². The molecule has 2 aromatic carbocycles. The van der Waals surface area contributed by atoms with Crippen LogP contribution in [0.3, 0.4) is 0 Å². The zero-order valence-corrected chi connectivity index (χ0v) is 16.0. The number of anilines is 1. The van der Waals surface area contributed by atoms with Gasteiger partial charge in [-0.05, 0) is 35.9 Å². The van der Waals surface area contributed by atoms with Crippen LogP contribution in [0.25, 0.3) is 0 Å². The number of halogens is 3. The summed E-state index contributed by atoms with van der Waals surface area (Å²) in [6, 6.07) is 11.9. The summed E-state index contributed by atoms with van der Waals surface area (Å²) in [4.78, 5) is 11.0. The predicted octanol–water partition coefficient (Wildman–Crippen LogP) is 4.92. The maximum Gasteiger partial charge on any atom is 0.416 e. The van der Waals surface area contributed by atoms with Gasteiger partial charge in [0.2, 0.25) is 5.91 Å². The summed E-state index contributed by atoms with van der Waals surface area (Å²) in [5, 5.41) is 10.6. The average Bonchev–Trinajstić information content (AvgIpc) is 3.13. The highest BCUT2D eigenvalue weighted by molar-refractivity contribution is 7.98. The Hall–Kier alpha value is -3.01. The first-order valence-corrected chi connectivity index (χ1v) is 9.40. The molecule has 0 saturated heterocycles. The van der Waals surface area contributed by atoms with Gasteiger partial charge in [0.15, 0.2) is 6.61 Å². The van der Waals surface area contributed by atoms with E-state index in [1.807, 2.05) is 0 Å². The Kier molecular flexibility index (Phi) is 6.42. The van der Waals surface area contributed by atoms with E-state index in [0.29, 0.717) is 17.0 Å². The molecule has 0 aliphatic heterocycles. The van der Waals surface area contributed by atoms with Crippen molar-refractivity contribution in [2.24, 2.45) is 0 Å². The Morgan fingerprint density at radius 1 is 1.17 bits per heavy atom. The number of amides is 1. The molecule has 10 heteroatoms. The van der Waals surface area contributed by atoms with Crippen molar-refractivity contribution < 1.29 is 27.1 Å². The average molecular weight is 423 g/mol. The molecule has 0 radical (unpaired) electrons. The molecule has 0 unspecified atom stereocenters. The summed E-state index contributed by atoms with van der Waals surface area (Å²) in [6.07, 6.45) is -4.38. The monoisotopic (exact) mass is 423 g/mol. The van der Waals surface area contributed by atoms with E-state index >= 15 is 0 Å². The normalized spacial score (nSPS) is 11.3. The lowest BCUT2D eigenvalue weighted by molar-refractivity contribution is -0.137. The van der Waals surface area contributed by atoms with Gasteiger partial charge in [0.05, 0.1) is 5.56 Å². The first-order valence-electron chi connectivity index (χ1n) is 8.41. The van der Waals surface area contributed by atoms with Gasteiger partial charge in [-0.1, -0.05) is 30.0 Å². The van der Waals surface area contributed by atoms with E-state index in [1.165, 1.54) is 13.0 Å². The van der Waals surface area contributed by atoms with Crippen LogP contribution in [0.2, 0.25) is 0 Å². The van der Waals surface area contributed by atoms with Crippen LogP contribution in [0.15, 0.2) is 58.2 Å². The summed E-state index contributed by atoms with van der Waals surface area (Å²) in [7, 11) is 0. The fourth-order valence-electron chi connectivity index (χ4n) is 2.32. The Balaban J connectivity index is 1.51. The Labute approximate surface area is 168 Å². The summed E-state index contributed by atoms with van der Waals surface area (Å²) in [6.45, 7) is 1.46. The molecule has 0 aliphatic carbocycles. The highest BCUT2D eigenvalue weighted by atomic mass is 32.2. The zero-order chi connectivity index (χ0) is 20.9. The second-order valence-electron chi connectivity index (χ2n) is 5.94. The van der Waals surface area contributed by atoms with Gasteiger partial charge in [-0.25, -0.2) is 0 Å². The molecular formula is C19H16F3N3O3S. The number of carbonyl (C=O) groups is 1. The minimum absolute atomic E-state index is 0.0383. The molecule has 1 aromatic heterocycles. The lowest BCUT2D eigenvalue weighted by Gasteiger charge is -2.07. The summed E-state index contributed by atoms with van der Waals surface area (Å²) in [5.74, 6) is 0.884. The van der Waals surface area contributed by atoms with E-state index < -0.39 is 11.7 Å². The van der Waals surface area contributed by atoms with Gasteiger partial charge in [0, 0.05) is 18.4 Å². The number of nitrogens with zero attached hydrogens (tertiary/aromatic N) is 2. The Bertz CT molecular complexity index is 975. The van der Waals surface area contributed by atoms with E-state index in [9.17, 15) is 18.0 Å². The molecule has 1 heterocycles. The van der Waals surface area contributed by atoms with Gasteiger partial charge in [0.25, 0.3) is 11.1 Å². The number of nitrogens with one attached hydrogen (secondary N) is 1. The molecule has 3 aromatic rings. The number of carbonyl (C=O) groups excluding carboxylic acids is 1. The molecule has 0 aliphatic rings. The maximum atomic E-state index is 12.8. The predicted molar refractivity (Wildman–Crippen MR) is 100 cm³/mol. The van der Waals surface area contributed by atoms with Crippen LogP contribution in [0.5, 0.6) is 5.75 Å². The van der Waals surface area contributed by atoms with Crippen LogP contribution >= 0.6 is 11.8 Å². The largest absolute Gasteiger partial charge is 0.484 e. The highest BCUT2D eigenvalue weighted by Gasteiger charge is 2.30. The minimum Gasteiger partial charge on any atom is -0.484 e. The molecule has 0 atom stereocenters. The van der Waals surface area contributed by atoms with Crippen molar-refractivity contribution in [3.05, 3.63) is 65.5 Å². The van der Waals surface area contributed by atoms with Crippen molar-refractivity contribution in [1.82, 2.24) is 10.2 Å². The molecule has 1 N–H and O–H groups in total. The first kappa shape index (κ1) is 20.7. The SMILES string of the molecule is CC(=O)Nc1ccc(OCc2nnc(SCc3cccc(C(F)(F)F)c3)o2)cc1. The van der Waals surface area contributed by atoms with Crippen LogP contribution in [0, 0.1) is 0 Å². The van der Waals surface area contributed by atoms with Gasteiger partial charge in [-0.15, -0.1) is 10.2 Å². The molecule has 3 rings (SSSR count). The van der Waals surface area contributed by atoms with Gasteiger partial charge >= 0.3 is 6.18 Å². The summed E-state index contributed by atoms with van der Waals surface area (Å²) in [5.41, 5.74) is 0.454. The zero-order valence-electron chi connectivity index (χ0n) is 15.2. The third kappa shape index (κ3) is 6.24. The number of ether oxygens (including phenoxy) is 1. The van der Waals surface area contributed by atoms with Crippen LogP contribution in [-0.4, -0.2) is 16.1 Å². The summed E-state index contributed by atoms with van der Waals surface area (Å²) < 4.78 is 49.2. The Morgan fingerprint density at radius 2 is 1.93 bits per heavy atom. The number of hydrogen-bond donors (Lipinski definition) is 1. The molecule has 152 valence electrons. The van der Waals surface area contributed by atoms with E-state index in [2.05, 4.69) is 15.5 Å². The third-order valence-corrected chi connectivity index (χ3v) is 4.49. The number of alkyl halides is 3. The van der Waals surface area contributed by atoms with Crippen LogP contribution in [0.1, 0.15) is 23.9 Å². The van der Waals surface area contributed by atoms with Crippen LogP contribution in [-0.2, 0) is 23.3 Å². The number of hydrogen-bond acceptors (Lipinski definition) is 6. The molecule has 0 fully saturated rings. The number of aromatic nitrogens is 2. The smallest absolute Gasteiger partial charge is 0.416 e. The van der Waals surface area contributed by atoms with Gasteiger partial charge in [-0.2, -0.15) is 13.2 Å². The van der Waals surface area contributed by atoms with Gasteiger partial charge < -0.3 is 14.5 Å². The van der Waals surface area contributed by atoms with Gasteiger partial charge in [-0.3, -0.25) is 4.79 Å². The Morgan fingerprint density at radius 3 is 2.62 bits per heavy atom. The van der Waals surface area contributed by atoms with Crippen molar-refractivity contribution in [3.8, 4) is 5.75 Å². The molecule has 29 heavy (non-hydrogen) atoms. The van der Waals surface area contributed by atoms with Crippen molar-refractivity contribution >= 4 is 23.4 Å². The molecule has 0 bridgehead atoms. The standard InChI is InChI=1S/C19H16F3N3O3S/c1-12(26)23-15-5-7-16(8-6-15)27-10-17-24-25-18(28-17)29-11-13-3-2-4-14(9-13)19(20,21)22/h2-9H,10-11H2,1H3,(H,23,26). The van der Waals surface area contributed by atoms with E-state index in [-0.39, 0.29) is 29.4 Å².